The first-order valence-electron chi connectivity index (χ1n) is 21.6. The summed E-state index contributed by atoms with van der Waals surface area (Å²) in [4.78, 5) is 2.33. The molecule has 12 rings (SSSR count). The number of anilines is 3. The third-order valence-electron chi connectivity index (χ3n) is 12.5. The molecule has 3 heteroatoms. The van der Waals surface area contributed by atoms with Gasteiger partial charge in [-0.15, -0.1) is 0 Å². The molecule has 0 aliphatic rings. The van der Waals surface area contributed by atoms with Crippen LogP contribution in [0, 0.1) is 0 Å². The van der Waals surface area contributed by atoms with Crippen LogP contribution in [-0.4, -0.2) is 9.13 Å². The van der Waals surface area contributed by atoms with Crippen molar-refractivity contribution in [3.63, 3.8) is 0 Å². The molecule has 0 saturated heterocycles. The van der Waals surface area contributed by atoms with Crippen LogP contribution in [0.15, 0.2) is 249 Å². The second-order valence-corrected chi connectivity index (χ2v) is 16.2. The second kappa shape index (κ2) is 15.3. The molecular formula is C60H41N3. The second-order valence-electron chi connectivity index (χ2n) is 16.2. The van der Waals surface area contributed by atoms with Gasteiger partial charge in [0.1, 0.15) is 0 Å². The van der Waals surface area contributed by atoms with E-state index < -0.39 is 0 Å². The molecule has 12 aromatic rings. The van der Waals surface area contributed by atoms with E-state index in [0.29, 0.717) is 0 Å². The number of hydrogen-bond donors (Lipinski definition) is 0. The molecule has 0 atom stereocenters. The molecule has 63 heavy (non-hydrogen) atoms. The third kappa shape index (κ3) is 6.38. The van der Waals surface area contributed by atoms with E-state index in [-0.39, 0.29) is 0 Å². The minimum atomic E-state index is 1.10. The van der Waals surface area contributed by atoms with E-state index in [2.05, 4.69) is 263 Å². The highest BCUT2D eigenvalue weighted by atomic mass is 15.1. The normalized spacial score (nSPS) is 11.5. The van der Waals surface area contributed by atoms with E-state index in [1.807, 2.05) is 0 Å². The lowest BCUT2D eigenvalue weighted by molar-refractivity contribution is 1.18. The van der Waals surface area contributed by atoms with Crippen LogP contribution in [-0.2, 0) is 0 Å². The summed E-state index contributed by atoms with van der Waals surface area (Å²) in [5.41, 5.74) is 17.7. The van der Waals surface area contributed by atoms with Crippen molar-refractivity contribution in [2.75, 3.05) is 4.90 Å². The van der Waals surface area contributed by atoms with E-state index in [4.69, 9.17) is 0 Å². The summed E-state index contributed by atoms with van der Waals surface area (Å²) in [6.45, 7) is 0. The van der Waals surface area contributed by atoms with Crippen molar-refractivity contribution < 1.29 is 0 Å². The van der Waals surface area contributed by atoms with Gasteiger partial charge in [0.25, 0.3) is 0 Å². The molecule has 0 N–H and O–H groups in total. The Labute approximate surface area is 366 Å². The predicted molar refractivity (Wildman–Crippen MR) is 266 cm³/mol. The zero-order valence-corrected chi connectivity index (χ0v) is 34.5. The molecule has 3 nitrogen and oxygen atoms in total. The van der Waals surface area contributed by atoms with Crippen molar-refractivity contribution in [1.82, 2.24) is 9.13 Å². The van der Waals surface area contributed by atoms with Crippen LogP contribution < -0.4 is 4.90 Å². The van der Waals surface area contributed by atoms with Gasteiger partial charge in [0.15, 0.2) is 0 Å². The molecule has 2 aromatic heterocycles. The van der Waals surface area contributed by atoms with Gasteiger partial charge in [-0.1, -0.05) is 158 Å². The van der Waals surface area contributed by atoms with Crippen molar-refractivity contribution in [3.8, 4) is 44.8 Å². The zero-order valence-electron chi connectivity index (χ0n) is 34.5. The molecule has 0 radical (unpaired) electrons. The van der Waals surface area contributed by atoms with Gasteiger partial charge in [-0.25, -0.2) is 0 Å². The Morgan fingerprint density at radius 3 is 1.03 bits per heavy atom. The Morgan fingerprint density at radius 2 is 0.540 bits per heavy atom. The first kappa shape index (κ1) is 36.5. The van der Waals surface area contributed by atoms with E-state index in [1.165, 1.54) is 82.7 Å². The number of para-hydroxylation sites is 5. The Kier molecular flexibility index (Phi) is 8.83. The van der Waals surface area contributed by atoms with Crippen molar-refractivity contribution in [2.45, 2.75) is 0 Å². The molecular weight excluding hydrogens is 763 g/mol. The first-order chi connectivity index (χ1) is 31.2. The number of aromatic nitrogens is 2. The van der Waals surface area contributed by atoms with Crippen molar-refractivity contribution in [3.05, 3.63) is 249 Å². The molecule has 10 aromatic carbocycles. The highest BCUT2D eigenvalue weighted by Crippen LogP contribution is 2.39. The lowest BCUT2D eigenvalue weighted by Gasteiger charge is -2.26. The average Bonchev–Trinajstić information content (AvgIpc) is 3.88. The summed E-state index contributed by atoms with van der Waals surface area (Å²) in [5, 5.41) is 5.06. The molecule has 0 unspecified atom stereocenters. The van der Waals surface area contributed by atoms with E-state index in [9.17, 15) is 0 Å². The fourth-order valence-electron chi connectivity index (χ4n) is 9.50. The Bertz CT molecular complexity index is 3510. The maximum atomic E-state index is 2.36. The van der Waals surface area contributed by atoms with Crippen LogP contribution in [0.5, 0.6) is 0 Å². The molecule has 0 spiro atoms. The Morgan fingerprint density at radius 1 is 0.222 bits per heavy atom. The van der Waals surface area contributed by atoms with E-state index >= 15 is 0 Å². The molecule has 0 saturated carbocycles. The van der Waals surface area contributed by atoms with Gasteiger partial charge in [0, 0.05) is 50.0 Å². The summed E-state index contributed by atoms with van der Waals surface area (Å²) < 4.78 is 4.73. The number of rotatable bonds is 8. The highest BCUT2D eigenvalue weighted by Gasteiger charge is 2.16. The van der Waals surface area contributed by atoms with E-state index in [1.54, 1.807) is 0 Å². The maximum absolute atomic E-state index is 2.36. The average molecular weight is 804 g/mol. The molecule has 296 valence electrons. The zero-order chi connectivity index (χ0) is 41.7. The third-order valence-corrected chi connectivity index (χ3v) is 12.5. The van der Waals surface area contributed by atoms with Crippen LogP contribution in [0.1, 0.15) is 0 Å². The highest BCUT2D eigenvalue weighted by molar-refractivity contribution is 6.11. The standard InChI is InChI=1S/C60H41N3/c1-3-13-48(14-4-1)61(51-36-29-44(30-37-51)45-31-38-52(39-32-45)63-57-20-10-7-17-53(57)54-18-8-11-21-58(54)63)50-34-27-43(28-35-50)42-23-25-46(26-24-42)47-33-40-60-56(41-47)55-19-9-12-22-59(55)62(60)49-15-5-2-6-16-49/h1-41H. The molecule has 0 fully saturated rings. The smallest absolute Gasteiger partial charge is 0.0541 e. The fraction of sp³-hybridized carbons (Fsp3) is 0. The first-order valence-corrected chi connectivity index (χ1v) is 21.6. The number of benzene rings is 10. The Balaban J connectivity index is 0.814. The molecule has 0 aliphatic carbocycles. The predicted octanol–water partition coefficient (Wildman–Crippen LogP) is 16.4. The maximum Gasteiger partial charge on any atom is 0.0541 e. The van der Waals surface area contributed by atoms with Gasteiger partial charge in [-0.3, -0.25) is 0 Å². The minimum Gasteiger partial charge on any atom is -0.311 e. The topological polar surface area (TPSA) is 13.1 Å². The molecule has 0 amide bonds. The van der Waals surface area contributed by atoms with Gasteiger partial charge in [-0.05, 0) is 124 Å². The molecule has 0 aliphatic heterocycles. The number of fused-ring (bicyclic) bond motifs is 6. The van der Waals surface area contributed by atoms with Crippen molar-refractivity contribution >= 4 is 60.7 Å². The summed E-state index contributed by atoms with van der Waals surface area (Å²) in [5.74, 6) is 0. The van der Waals surface area contributed by atoms with Crippen molar-refractivity contribution in [2.24, 2.45) is 0 Å². The quantitative estimate of drug-likeness (QED) is 0.149. The van der Waals surface area contributed by atoms with Gasteiger partial charge >= 0.3 is 0 Å². The summed E-state index contributed by atoms with van der Waals surface area (Å²) >= 11 is 0. The van der Waals surface area contributed by atoms with Crippen molar-refractivity contribution in [1.29, 1.82) is 0 Å². The molecule has 0 bridgehead atoms. The van der Waals surface area contributed by atoms with E-state index in [0.717, 1.165) is 22.7 Å². The lowest BCUT2D eigenvalue weighted by Crippen LogP contribution is -2.09. The lowest BCUT2D eigenvalue weighted by atomic mass is 9.98. The van der Waals surface area contributed by atoms with Crippen LogP contribution in [0.4, 0.5) is 17.1 Å². The molecule has 2 heterocycles. The van der Waals surface area contributed by atoms with Gasteiger partial charge in [-0.2, -0.15) is 0 Å². The number of hydrogen-bond acceptors (Lipinski definition) is 1. The van der Waals surface area contributed by atoms with Crippen LogP contribution in [0.2, 0.25) is 0 Å². The monoisotopic (exact) mass is 803 g/mol. The largest absolute Gasteiger partial charge is 0.311 e. The van der Waals surface area contributed by atoms with Crippen LogP contribution >= 0.6 is 0 Å². The fourth-order valence-corrected chi connectivity index (χ4v) is 9.50. The van der Waals surface area contributed by atoms with Gasteiger partial charge < -0.3 is 14.0 Å². The number of nitrogens with zero attached hydrogens (tertiary/aromatic N) is 3. The van der Waals surface area contributed by atoms with Crippen LogP contribution in [0.25, 0.3) is 88.4 Å². The SMILES string of the molecule is c1ccc(N(c2ccc(-c3ccc(-c4ccc5c(c4)c4ccccc4n5-c4ccccc4)cc3)cc2)c2ccc(-c3ccc(-n4c5ccccc5c5ccccc54)cc3)cc2)cc1. The summed E-state index contributed by atoms with van der Waals surface area (Å²) in [6.07, 6.45) is 0. The van der Waals surface area contributed by atoms with Crippen LogP contribution in [0.3, 0.4) is 0 Å². The summed E-state index contributed by atoms with van der Waals surface area (Å²) in [6, 6.07) is 89.9. The summed E-state index contributed by atoms with van der Waals surface area (Å²) in [7, 11) is 0. The Hall–Kier alpha value is -8.40. The minimum absolute atomic E-state index is 1.10. The van der Waals surface area contributed by atoms with Gasteiger partial charge in [0.2, 0.25) is 0 Å². The van der Waals surface area contributed by atoms with Gasteiger partial charge in [0.05, 0.1) is 22.1 Å².